The van der Waals surface area contributed by atoms with Crippen molar-refractivity contribution < 1.29 is 23.1 Å². The third-order valence-corrected chi connectivity index (χ3v) is 3.09. The molecule has 106 valence electrons. The topological polar surface area (TPSA) is 49.3 Å². The number of carbonyl (C=O) groups is 1. The summed E-state index contributed by atoms with van der Waals surface area (Å²) < 4.78 is 39.4. The molecule has 0 aromatic heterocycles. The second-order valence-electron chi connectivity index (χ2n) is 4.09. The minimum absolute atomic E-state index is 0.250. The van der Waals surface area contributed by atoms with Crippen LogP contribution in [0.15, 0.2) is 6.07 Å². The van der Waals surface area contributed by atoms with Crippen molar-refractivity contribution in [1.29, 1.82) is 0 Å². The number of hydrogen-bond acceptors (Lipinski definition) is 2. The van der Waals surface area contributed by atoms with Crippen molar-refractivity contribution >= 4 is 21.8 Å². The average Bonchev–Trinajstić information content (AvgIpc) is 2.37. The fraction of sp³-hybridized carbons (Fsp3) is 0.417. The number of rotatable bonds is 5. The molecule has 1 aromatic rings. The van der Waals surface area contributed by atoms with Gasteiger partial charge in [-0.25, -0.2) is 8.78 Å². The summed E-state index contributed by atoms with van der Waals surface area (Å²) in [7, 11) is 0. The molecule has 1 unspecified atom stereocenters. The molecule has 0 radical (unpaired) electrons. The minimum Gasteiger partial charge on any atom is -0.503 e. The lowest BCUT2D eigenvalue weighted by atomic mass is 10.1. The molecule has 0 heterocycles. The molecule has 1 amide bonds. The van der Waals surface area contributed by atoms with E-state index in [1.807, 2.05) is 0 Å². The molecule has 0 bridgehead atoms. The summed E-state index contributed by atoms with van der Waals surface area (Å²) in [6.45, 7) is 1.71. The Bertz CT molecular complexity index is 483. The lowest BCUT2D eigenvalue weighted by Gasteiger charge is -2.14. The highest BCUT2D eigenvalue weighted by molar-refractivity contribution is 9.09. The van der Waals surface area contributed by atoms with Gasteiger partial charge >= 0.3 is 0 Å². The second kappa shape index (κ2) is 6.79. The van der Waals surface area contributed by atoms with Gasteiger partial charge in [-0.3, -0.25) is 4.79 Å². The number of amides is 1. The highest BCUT2D eigenvalue weighted by Gasteiger charge is 2.23. The smallest absolute Gasteiger partial charge is 0.254 e. The van der Waals surface area contributed by atoms with E-state index >= 15 is 0 Å². The van der Waals surface area contributed by atoms with Crippen LogP contribution < -0.4 is 5.32 Å². The normalized spacial score (nSPS) is 12.3. The van der Waals surface area contributed by atoms with E-state index in [2.05, 4.69) is 21.2 Å². The highest BCUT2D eigenvalue weighted by Crippen LogP contribution is 2.25. The maximum absolute atomic E-state index is 13.5. The summed E-state index contributed by atoms with van der Waals surface area (Å²) in [5.74, 6) is -7.03. The molecular weight excluding hydrogens is 327 g/mol. The molecule has 3 nitrogen and oxygen atoms in total. The second-order valence-corrected chi connectivity index (χ2v) is 4.88. The molecule has 1 aromatic carbocycles. The Morgan fingerprint density at radius 3 is 2.63 bits per heavy atom. The number of phenolic OH excluding ortho intramolecular Hbond substituents is 1. The summed E-state index contributed by atoms with van der Waals surface area (Å²) in [5.41, 5.74) is -0.720. The van der Waals surface area contributed by atoms with E-state index in [1.165, 1.54) is 0 Å². The first kappa shape index (κ1) is 15.8. The minimum atomic E-state index is -1.71. The third kappa shape index (κ3) is 3.86. The monoisotopic (exact) mass is 339 g/mol. The first-order chi connectivity index (χ1) is 8.88. The fourth-order valence-corrected chi connectivity index (χ4v) is 1.84. The van der Waals surface area contributed by atoms with Crippen LogP contribution in [0, 0.1) is 17.5 Å². The Morgan fingerprint density at radius 2 is 2.05 bits per heavy atom. The summed E-state index contributed by atoms with van der Waals surface area (Å²) >= 11 is 3.23. The molecule has 0 spiro atoms. The van der Waals surface area contributed by atoms with Gasteiger partial charge in [0, 0.05) is 11.4 Å². The number of benzene rings is 1. The van der Waals surface area contributed by atoms with Crippen molar-refractivity contribution in [3.8, 4) is 5.75 Å². The van der Waals surface area contributed by atoms with E-state index in [0.717, 1.165) is 11.8 Å². The SMILES string of the molecule is CC(CCCBr)NC(=O)c1cc(F)c(F)c(O)c1F. The van der Waals surface area contributed by atoms with Crippen molar-refractivity contribution in [2.75, 3.05) is 5.33 Å². The molecule has 0 saturated carbocycles. The molecular formula is C12H13BrF3NO2. The molecule has 0 aliphatic carbocycles. The van der Waals surface area contributed by atoms with E-state index < -0.39 is 34.7 Å². The van der Waals surface area contributed by atoms with Crippen molar-refractivity contribution in [3.63, 3.8) is 0 Å². The number of nitrogens with one attached hydrogen (secondary N) is 1. The molecule has 0 fully saturated rings. The molecule has 0 aliphatic heterocycles. The molecule has 1 rings (SSSR count). The van der Waals surface area contributed by atoms with Crippen LogP contribution in [0.4, 0.5) is 13.2 Å². The predicted octanol–water partition coefficient (Wildman–Crippen LogP) is 3.10. The van der Waals surface area contributed by atoms with E-state index in [4.69, 9.17) is 5.11 Å². The predicted molar refractivity (Wildman–Crippen MR) is 67.9 cm³/mol. The summed E-state index contributed by atoms with van der Waals surface area (Å²) in [4.78, 5) is 11.7. The quantitative estimate of drug-likeness (QED) is 0.639. The van der Waals surface area contributed by atoms with E-state index in [1.54, 1.807) is 6.92 Å². The lowest BCUT2D eigenvalue weighted by Crippen LogP contribution is -2.33. The Morgan fingerprint density at radius 1 is 1.42 bits per heavy atom. The number of halogens is 4. The third-order valence-electron chi connectivity index (χ3n) is 2.53. The van der Waals surface area contributed by atoms with Crippen molar-refractivity contribution in [2.24, 2.45) is 0 Å². The van der Waals surface area contributed by atoms with Crippen molar-refractivity contribution in [2.45, 2.75) is 25.8 Å². The zero-order chi connectivity index (χ0) is 14.6. The van der Waals surface area contributed by atoms with Crippen LogP contribution in [0.5, 0.6) is 5.75 Å². The number of carbonyl (C=O) groups excluding carboxylic acids is 1. The van der Waals surface area contributed by atoms with Crippen LogP contribution in [0.2, 0.25) is 0 Å². The summed E-state index contributed by atoms with van der Waals surface area (Å²) in [6, 6.07) is 0.177. The van der Waals surface area contributed by atoms with Gasteiger partial charge in [0.05, 0.1) is 5.56 Å². The van der Waals surface area contributed by atoms with Crippen LogP contribution in [0.1, 0.15) is 30.1 Å². The average molecular weight is 340 g/mol. The first-order valence-electron chi connectivity index (χ1n) is 5.61. The van der Waals surface area contributed by atoms with Gasteiger partial charge in [0.25, 0.3) is 5.91 Å². The lowest BCUT2D eigenvalue weighted by molar-refractivity contribution is 0.0932. The van der Waals surface area contributed by atoms with Gasteiger partial charge in [0.1, 0.15) is 0 Å². The van der Waals surface area contributed by atoms with Gasteiger partial charge in [0.2, 0.25) is 5.82 Å². The summed E-state index contributed by atoms with van der Waals surface area (Å²) in [5, 5.41) is 12.2. The Balaban J connectivity index is 2.89. The van der Waals surface area contributed by atoms with E-state index in [-0.39, 0.29) is 6.04 Å². The largest absolute Gasteiger partial charge is 0.503 e. The number of aromatic hydroxyl groups is 1. The molecule has 19 heavy (non-hydrogen) atoms. The number of hydrogen-bond donors (Lipinski definition) is 2. The molecule has 0 aliphatic rings. The van der Waals surface area contributed by atoms with E-state index in [9.17, 15) is 18.0 Å². The van der Waals surface area contributed by atoms with Crippen LogP contribution in [-0.2, 0) is 0 Å². The van der Waals surface area contributed by atoms with Crippen molar-refractivity contribution in [1.82, 2.24) is 5.32 Å². The first-order valence-corrected chi connectivity index (χ1v) is 6.74. The standard InChI is InChI=1S/C12H13BrF3NO2/c1-6(3-2-4-13)17-12(19)7-5-8(14)10(16)11(18)9(7)15/h5-6,18H,2-4H2,1H3,(H,17,19). The molecule has 2 N–H and O–H groups in total. The van der Waals surface area contributed by atoms with E-state index in [0.29, 0.717) is 12.5 Å². The van der Waals surface area contributed by atoms with Gasteiger partial charge < -0.3 is 10.4 Å². The van der Waals surface area contributed by atoms with Gasteiger partial charge in [-0.1, -0.05) is 15.9 Å². The van der Waals surface area contributed by atoms with Gasteiger partial charge in [-0.15, -0.1) is 0 Å². The maximum Gasteiger partial charge on any atom is 0.254 e. The Kier molecular flexibility index (Phi) is 5.65. The highest BCUT2D eigenvalue weighted by atomic mass is 79.9. The van der Waals surface area contributed by atoms with Gasteiger partial charge in [0.15, 0.2) is 17.4 Å². The fourth-order valence-electron chi connectivity index (χ4n) is 1.51. The molecule has 0 saturated heterocycles. The van der Waals surface area contributed by atoms with Crippen LogP contribution in [-0.4, -0.2) is 22.4 Å². The Labute approximate surface area is 116 Å². The van der Waals surface area contributed by atoms with Crippen LogP contribution >= 0.6 is 15.9 Å². The summed E-state index contributed by atoms with van der Waals surface area (Å²) in [6.07, 6.45) is 1.45. The van der Waals surface area contributed by atoms with Gasteiger partial charge in [-0.05, 0) is 25.8 Å². The maximum atomic E-state index is 13.5. The Hall–Kier alpha value is -1.24. The zero-order valence-corrected chi connectivity index (χ0v) is 11.7. The number of alkyl halides is 1. The van der Waals surface area contributed by atoms with Crippen LogP contribution in [0.3, 0.4) is 0 Å². The molecule has 1 atom stereocenters. The number of phenols is 1. The molecule has 7 heteroatoms. The zero-order valence-electron chi connectivity index (χ0n) is 10.1. The van der Waals surface area contributed by atoms with Gasteiger partial charge in [-0.2, -0.15) is 4.39 Å². The van der Waals surface area contributed by atoms with Crippen molar-refractivity contribution in [3.05, 3.63) is 29.1 Å². The van der Waals surface area contributed by atoms with Crippen LogP contribution in [0.25, 0.3) is 0 Å².